The van der Waals surface area contributed by atoms with Crippen molar-refractivity contribution in [1.82, 2.24) is 5.32 Å². The summed E-state index contributed by atoms with van der Waals surface area (Å²) in [5, 5.41) is 40.8. The summed E-state index contributed by atoms with van der Waals surface area (Å²) in [6.45, 7) is 6.52. The minimum absolute atomic E-state index is 0.0193. The number of nitrogens with one attached hydrogen (secondary N) is 1. The lowest BCUT2D eigenvalue weighted by Gasteiger charge is -2.67. The van der Waals surface area contributed by atoms with E-state index in [-0.39, 0.29) is 40.9 Å². The number of hydrogen-bond acceptors (Lipinski definition) is 14. The number of rotatable bonds is 11. The number of Topliss-reactive ketones (excluding diaryl/α,β-unsaturated/α-hetero) is 1. The van der Waals surface area contributed by atoms with Crippen molar-refractivity contribution in [3.63, 3.8) is 0 Å². The zero-order chi connectivity index (χ0) is 49.8. The first kappa shape index (κ1) is 48.8. The Morgan fingerprint density at radius 3 is 2.01 bits per heavy atom. The van der Waals surface area contributed by atoms with E-state index in [4.69, 9.17) is 23.7 Å². The van der Waals surface area contributed by atoms with Crippen molar-refractivity contribution < 1.29 is 76.6 Å². The van der Waals surface area contributed by atoms with Crippen LogP contribution >= 0.6 is 0 Å². The van der Waals surface area contributed by atoms with Crippen LogP contribution < -0.4 is 5.32 Å². The molecule has 4 aromatic carbocycles. The molecule has 15 nitrogen and oxygen atoms in total. The summed E-state index contributed by atoms with van der Waals surface area (Å²) in [7, 11) is 0. The summed E-state index contributed by atoms with van der Waals surface area (Å²) in [4.78, 5) is 85.4. The van der Waals surface area contributed by atoms with E-state index < -0.39 is 130 Å². The highest BCUT2D eigenvalue weighted by Gasteiger charge is 2.78. The maximum Gasteiger partial charge on any atom is 0.350 e. The van der Waals surface area contributed by atoms with Gasteiger partial charge in [-0.25, -0.2) is 23.2 Å². The van der Waals surface area contributed by atoms with Crippen molar-refractivity contribution in [1.29, 1.82) is 0 Å². The summed E-state index contributed by atoms with van der Waals surface area (Å²) in [5.74, 6) is -10.3. The molecule has 362 valence electrons. The number of ether oxygens (including phenoxy) is 5. The number of carbonyl (C=O) groups is 6. The number of esters is 4. The van der Waals surface area contributed by atoms with Crippen LogP contribution in [0.3, 0.4) is 0 Å². The highest BCUT2D eigenvalue weighted by Crippen LogP contribution is 2.64. The molecule has 2 bridgehead atoms. The van der Waals surface area contributed by atoms with Crippen LogP contribution in [0.5, 0.6) is 0 Å². The van der Waals surface area contributed by atoms with Gasteiger partial charge < -0.3 is 44.3 Å². The number of amides is 1. The molecule has 2 saturated carbocycles. The summed E-state index contributed by atoms with van der Waals surface area (Å²) >= 11 is 0. The standard InChI is InChI=1S/C52H51F2NO14/c1-27-35(66-48(63)41(67-47(62)33-22-21-32(53)23-34(33)54)39(29-15-9-6-10-16-29)55-45(60)30-17-11-7-12-18-30)25-52(64)44(68-46(61)31-19-13-8-14-20-31)42-50(5,43(59)40(58)38(27)49(52,3)4)36(57)24-37-51(42,26-65-37)69-28(2)56/h6-23,35-37,39-42,44,57-58,64H,24-26H2,1-5H3,(H,55,60)/t35-,36-,37+,39-,40+,41+,42?,44?,50+,51-,52+/m0/s1. The fourth-order valence-electron chi connectivity index (χ4n) is 10.9. The number of ketones is 1. The van der Waals surface area contributed by atoms with Gasteiger partial charge in [-0.3, -0.25) is 14.4 Å². The predicted octanol–water partition coefficient (Wildman–Crippen LogP) is 5.31. The molecule has 0 aromatic heterocycles. The second-order valence-corrected chi connectivity index (χ2v) is 18.8. The topological polar surface area (TPSA) is 221 Å². The molecule has 4 aliphatic rings. The van der Waals surface area contributed by atoms with Gasteiger partial charge in [0.2, 0.25) is 6.10 Å². The van der Waals surface area contributed by atoms with Gasteiger partial charge in [-0.2, -0.15) is 0 Å². The van der Waals surface area contributed by atoms with E-state index in [1.807, 2.05) is 0 Å². The Hall–Kier alpha value is -6.66. The monoisotopic (exact) mass is 951 g/mol. The highest BCUT2D eigenvalue weighted by molar-refractivity contribution is 5.96. The minimum Gasteiger partial charge on any atom is -0.455 e. The smallest absolute Gasteiger partial charge is 0.350 e. The van der Waals surface area contributed by atoms with Gasteiger partial charge in [0.25, 0.3) is 5.91 Å². The quantitative estimate of drug-likeness (QED) is 0.0851. The maximum atomic E-state index is 15.2. The molecule has 69 heavy (non-hydrogen) atoms. The molecule has 4 aromatic rings. The molecular weight excluding hydrogens is 901 g/mol. The molecule has 4 N–H and O–H groups in total. The van der Waals surface area contributed by atoms with E-state index in [0.717, 1.165) is 19.1 Å². The van der Waals surface area contributed by atoms with Crippen LogP contribution in [0.15, 0.2) is 120 Å². The molecule has 1 saturated heterocycles. The van der Waals surface area contributed by atoms with Crippen molar-refractivity contribution in [2.24, 2.45) is 16.7 Å². The van der Waals surface area contributed by atoms with Crippen LogP contribution in [-0.4, -0.2) is 105 Å². The molecule has 3 aliphatic carbocycles. The largest absolute Gasteiger partial charge is 0.455 e. The normalized spacial score (nSPS) is 29.8. The molecule has 17 heteroatoms. The lowest BCUT2D eigenvalue weighted by Crippen LogP contribution is -2.81. The zero-order valence-corrected chi connectivity index (χ0v) is 38.2. The van der Waals surface area contributed by atoms with Crippen LogP contribution in [0.2, 0.25) is 0 Å². The number of aliphatic hydroxyl groups excluding tert-OH is 2. The molecule has 11 atom stereocenters. The van der Waals surface area contributed by atoms with E-state index >= 15 is 14.0 Å². The number of benzene rings is 4. The lowest BCUT2D eigenvalue weighted by atomic mass is 9.44. The second-order valence-electron chi connectivity index (χ2n) is 18.8. The van der Waals surface area contributed by atoms with E-state index in [0.29, 0.717) is 6.07 Å². The van der Waals surface area contributed by atoms with Crippen molar-refractivity contribution in [2.45, 2.75) is 101 Å². The van der Waals surface area contributed by atoms with E-state index in [1.165, 1.54) is 64.1 Å². The van der Waals surface area contributed by atoms with E-state index in [9.17, 15) is 38.9 Å². The van der Waals surface area contributed by atoms with Crippen molar-refractivity contribution in [2.75, 3.05) is 6.61 Å². The van der Waals surface area contributed by atoms with Crippen LogP contribution in [0, 0.1) is 28.4 Å². The Bertz CT molecular complexity index is 2720. The first-order chi connectivity index (χ1) is 32.6. The maximum absolute atomic E-state index is 15.2. The Morgan fingerprint density at radius 1 is 0.826 bits per heavy atom. The molecule has 3 fully saturated rings. The molecule has 8 rings (SSSR count). The van der Waals surface area contributed by atoms with Gasteiger partial charge in [0, 0.05) is 36.8 Å². The number of carbonyl (C=O) groups excluding carboxylic acids is 6. The summed E-state index contributed by atoms with van der Waals surface area (Å²) in [6, 6.07) is 23.8. The van der Waals surface area contributed by atoms with Gasteiger partial charge in [-0.1, -0.05) is 80.6 Å². The molecule has 1 amide bonds. The van der Waals surface area contributed by atoms with E-state index in [1.54, 1.807) is 54.6 Å². The van der Waals surface area contributed by atoms with Crippen LogP contribution in [0.1, 0.15) is 90.1 Å². The fraction of sp³-hybridized carbons (Fsp3) is 0.385. The summed E-state index contributed by atoms with van der Waals surface area (Å²) in [5.41, 5.74) is -8.73. The Morgan fingerprint density at radius 2 is 1.43 bits per heavy atom. The highest BCUT2D eigenvalue weighted by atomic mass is 19.1. The van der Waals surface area contributed by atoms with Crippen LogP contribution in [0.4, 0.5) is 8.78 Å². The van der Waals surface area contributed by atoms with Gasteiger partial charge in [-0.15, -0.1) is 0 Å². The molecule has 0 radical (unpaired) electrons. The Labute approximate surface area is 395 Å². The average molecular weight is 952 g/mol. The minimum atomic E-state index is -2.50. The third kappa shape index (κ3) is 8.30. The Balaban J connectivity index is 1.28. The van der Waals surface area contributed by atoms with Crippen LogP contribution in [-0.2, 0) is 38.1 Å². The summed E-state index contributed by atoms with van der Waals surface area (Å²) < 4.78 is 59.5. The number of hydrogen-bond donors (Lipinski definition) is 4. The molecule has 1 heterocycles. The Kier molecular flexibility index (Phi) is 13.0. The van der Waals surface area contributed by atoms with Gasteiger partial charge in [0.15, 0.2) is 11.4 Å². The SMILES string of the molecule is CC(=O)O[C@@]12CO[C@@H]1C[C@H](O)[C@@]1(C)C(=O)[C@H](O)C3=C(C)[C@@H](OC(=O)[C@H](OC(=O)c4ccc(F)cc4F)[C@@H](NC(=O)c4ccccc4)c4ccccc4)C[C@@](O)(C(OC(=O)c4ccccc4)C12)C3(C)C. The molecule has 2 unspecified atom stereocenters. The lowest BCUT2D eigenvalue weighted by molar-refractivity contribution is -0.346. The first-order valence-electron chi connectivity index (χ1n) is 22.3. The number of fused-ring (bicyclic) bond motifs is 5. The van der Waals surface area contributed by atoms with Gasteiger partial charge >= 0.3 is 23.9 Å². The predicted molar refractivity (Wildman–Crippen MR) is 238 cm³/mol. The molecule has 1 aliphatic heterocycles. The fourth-order valence-corrected chi connectivity index (χ4v) is 10.9. The number of halogens is 2. The third-order valence-corrected chi connectivity index (χ3v) is 14.6. The second kappa shape index (κ2) is 18.3. The summed E-state index contributed by atoms with van der Waals surface area (Å²) in [6.07, 6.45) is -11.5. The van der Waals surface area contributed by atoms with E-state index in [2.05, 4.69) is 5.32 Å². The molecular formula is C52H51F2NO14. The van der Waals surface area contributed by atoms with Crippen molar-refractivity contribution in [3.8, 4) is 0 Å². The molecule has 0 spiro atoms. The third-order valence-electron chi connectivity index (χ3n) is 14.6. The van der Waals surface area contributed by atoms with Crippen molar-refractivity contribution >= 4 is 35.6 Å². The van der Waals surface area contributed by atoms with Gasteiger partial charge in [-0.05, 0) is 67.0 Å². The van der Waals surface area contributed by atoms with Gasteiger partial charge in [0.1, 0.15) is 47.7 Å². The van der Waals surface area contributed by atoms with Crippen LogP contribution in [0.25, 0.3) is 0 Å². The average Bonchev–Trinajstić information content (AvgIpc) is 3.31. The number of aliphatic hydroxyl groups is 3. The zero-order valence-electron chi connectivity index (χ0n) is 38.2. The van der Waals surface area contributed by atoms with Gasteiger partial charge in [0.05, 0.1) is 35.2 Å². The van der Waals surface area contributed by atoms with Crippen molar-refractivity contribution in [3.05, 3.63) is 154 Å². The first-order valence-corrected chi connectivity index (χ1v) is 22.3.